The summed E-state index contributed by atoms with van der Waals surface area (Å²) in [4.78, 5) is 2.37. The molecule has 18 heavy (non-hydrogen) atoms. The molecule has 4 heteroatoms. The highest BCUT2D eigenvalue weighted by molar-refractivity contribution is 5.27. The topological polar surface area (TPSA) is 55.3 Å². The second kappa shape index (κ2) is 4.92. The van der Waals surface area contributed by atoms with Gasteiger partial charge in [-0.25, -0.2) is 0 Å². The molecule has 0 saturated carbocycles. The van der Waals surface area contributed by atoms with E-state index in [0.29, 0.717) is 6.54 Å². The van der Waals surface area contributed by atoms with E-state index in [1.165, 1.54) is 11.1 Å². The molecule has 2 N–H and O–H groups in total. The summed E-state index contributed by atoms with van der Waals surface area (Å²) < 4.78 is 5.38. The van der Waals surface area contributed by atoms with Crippen LogP contribution in [0.3, 0.4) is 0 Å². The Kier molecular flexibility index (Phi) is 3.13. The highest BCUT2D eigenvalue weighted by atomic mass is 16.5. The zero-order valence-electron chi connectivity index (χ0n) is 10.3. The molecule has 0 spiro atoms. The van der Waals surface area contributed by atoms with Crippen LogP contribution in [-0.4, -0.2) is 16.6 Å². The number of hydrogen-bond donors (Lipinski definition) is 1. The van der Waals surface area contributed by atoms with E-state index in [1.807, 2.05) is 6.07 Å². The van der Waals surface area contributed by atoms with Crippen molar-refractivity contribution in [1.29, 1.82) is 0 Å². The standard InChI is InChI=1S/C14H17N3O/c15-7-6-13-12-9-17(10-14(12)18-16-13)8-11-4-2-1-3-5-11/h1-5H,6-10,15H2. The molecule has 2 heterocycles. The lowest BCUT2D eigenvalue weighted by molar-refractivity contribution is 0.244. The predicted molar refractivity (Wildman–Crippen MR) is 68.7 cm³/mol. The van der Waals surface area contributed by atoms with Crippen molar-refractivity contribution in [3.8, 4) is 0 Å². The number of nitrogens with two attached hydrogens (primary N) is 1. The molecule has 4 nitrogen and oxygen atoms in total. The van der Waals surface area contributed by atoms with Crippen LogP contribution in [0.1, 0.15) is 22.6 Å². The third-order valence-electron chi connectivity index (χ3n) is 3.33. The highest BCUT2D eigenvalue weighted by Gasteiger charge is 2.26. The Morgan fingerprint density at radius 3 is 2.83 bits per heavy atom. The van der Waals surface area contributed by atoms with Crippen molar-refractivity contribution >= 4 is 0 Å². The van der Waals surface area contributed by atoms with Gasteiger partial charge in [0, 0.05) is 25.1 Å². The minimum atomic E-state index is 0.623. The smallest absolute Gasteiger partial charge is 0.155 e. The van der Waals surface area contributed by atoms with Crippen molar-refractivity contribution in [3.05, 3.63) is 52.9 Å². The number of rotatable bonds is 4. The Bertz CT molecular complexity index is 521. The van der Waals surface area contributed by atoms with E-state index < -0.39 is 0 Å². The summed E-state index contributed by atoms with van der Waals surface area (Å²) in [5, 5.41) is 4.09. The van der Waals surface area contributed by atoms with Gasteiger partial charge in [-0.3, -0.25) is 4.90 Å². The molecule has 0 atom stereocenters. The Morgan fingerprint density at radius 1 is 1.22 bits per heavy atom. The molecule has 0 bridgehead atoms. The largest absolute Gasteiger partial charge is 0.359 e. The molecule has 0 aliphatic carbocycles. The number of fused-ring (bicyclic) bond motifs is 1. The molecule has 0 fully saturated rings. The van der Waals surface area contributed by atoms with Crippen molar-refractivity contribution in [2.24, 2.45) is 5.73 Å². The van der Waals surface area contributed by atoms with Gasteiger partial charge in [0.25, 0.3) is 0 Å². The average Bonchev–Trinajstić information content (AvgIpc) is 2.93. The molecule has 1 aliphatic heterocycles. The summed E-state index contributed by atoms with van der Waals surface area (Å²) in [7, 11) is 0. The molecule has 94 valence electrons. The van der Waals surface area contributed by atoms with Crippen LogP contribution in [0, 0.1) is 0 Å². The number of hydrogen-bond acceptors (Lipinski definition) is 4. The first-order valence-corrected chi connectivity index (χ1v) is 6.29. The minimum absolute atomic E-state index is 0.623. The van der Waals surface area contributed by atoms with Crippen LogP contribution in [0.25, 0.3) is 0 Å². The minimum Gasteiger partial charge on any atom is -0.359 e. The molecule has 0 amide bonds. The number of benzene rings is 1. The van der Waals surface area contributed by atoms with Crippen LogP contribution >= 0.6 is 0 Å². The first kappa shape index (κ1) is 11.4. The second-order valence-electron chi connectivity index (χ2n) is 4.70. The van der Waals surface area contributed by atoms with Gasteiger partial charge in [0.15, 0.2) is 5.76 Å². The first-order chi connectivity index (χ1) is 8.86. The van der Waals surface area contributed by atoms with Crippen LogP contribution in [0.5, 0.6) is 0 Å². The van der Waals surface area contributed by atoms with Crippen LogP contribution in [0.15, 0.2) is 34.9 Å². The summed E-state index contributed by atoms with van der Waals surface area (Å²) >= 11 is 0. The van der Waals surface area contributed by atoms with Crippen molar-refractivity contribution in [1.82, 2.24) is 10.1 Å². The highest BCUT2D eigenvalue weighted by Crippen LogP contribution is 2.27. The Morgan fingerprint density at radius 2 is 2.06 bits per heavy atom. The Balaban J connectivity index is 1.69. The Hall–Kier alpha value is -1.65. The maximum Gasteiger partial charge on any atom is 0.155 e. The fourth-order valence-electron chi connectivity index (χ4n) is 2.45. The summed E-state index contributed by atoms with van der Waals surface area (Å²) in [6.07, 6.45) is 0.804. The molecule has 0 saturated heterocycles. The lowest BCUT2D eigenvalue weighted by Crippen LogP contribution is -2.16. The molecule has 1 aromatic heterocycles. The lowest BCUT2D eigenvalue weighted by Gasteiger charge is -2.14. The maximum atomic E-state index is 5.58. The molecule has 2 aromatic rings. The van der Waals surface area contributed by atoms with Crippen molar-refractivity contribution in [2.75, 3.05) is 6.54 Å². The normalized spacial score (nSPS) is 14.9. The van der Waals surface area contributed by atoms with Crippen LogP contribution in [0.4, 0.5) is 0 Å². The van der Waals surface area contributed by atoms with E-state index in [4.69, 9.17) is 10.3 Å². The van der Waals surface area contributed by atoms with Crippen LogP contribution < -0.4 is 5.73 Å². The van der Waals surface area contributed by atoms with Gasteiger partial charge in [-0.15, -0.1) is 0 Å². The summed E-state index contributed by atoms with van der Waals surface area (Å²) in [5.41, 5.74) is 9.18. The zero-order valence-corrected chi connectivity index (χ0v) is 10.3. The number of aromatic nitrogens is 1. The molecular formula is C14H17N3O. The lowest BCUT2D eigenvalue weighted by atomic mass is 10.2. The van der Waals surface area contributed by atoms with Gasteiger partial charge in [0.2, 0.25) is 0 Å². The van der Waals surface area contributed by atoms with Gasteiger partial charge in [-0.05, 0) is 12.1 Å². The summed E-state index contributed by atoms with van der Waals surface area (Å²) in [6.45, 7) is 3.34. The molecule has 1 aliphatic rings. The van der Waals surface area contributed by atoms with Gasteiger partial charge in [-0.1, -0.05) is 35.5 Å². The zero-order chi connectivity index (χ0) is 12.4. The van der Waals surface area contributed by atoms with E-state index in [9.17, 15) is 0 Å². The van der Waals surface area contributed by atoms with E-state index >= 15 is 0 Å². The van der Waals surface area contributed by atoms with Gasteiger partial charge < -0.3 is 10.3 Å². The average molecular weight is 243 g/mol. The van der Waals surface area contributed by atoms with E-state index in [1.54, 1.807) is 0 Å². The van der Waals surface area contributed by atoms with Crippen molar-refractivity contribution in [3.63, 3.8) is 0 Å². The van der Waals surface area contributed by atoms with Gasteiger partial charge in [0.05, 0.1) is 12.2 Å². The van der Waals surface area contributed by atoms with Crippen molar-refractivity contribution in [2.45, 2.75) is 26.1 Å². The Labute approximate surface area is 106 Å². The second-order valence-corrected chi connectivity index (χ2v) is 4.70. The van der Waals surface area contributed by atoms with Crippen LogP contribution in [-0.2, 0) is 26.1 Å². The quantitative estimate of drug-likeness (QED) is 0.888. The molecule has 0 radical (unpaired) electrons. The third-order valence-corrected chi connectivity index (χ3v) is 3.33. The fourth-order valence-corrected chi connectivity index (χ4v) is 2.45. The summed E-state index contributed by atoms with van der Waals surface area (Å²) in [5.74, 6) is 1.01. The summed E-state index contributed by atoms with van der Waals surface area (Å²) in [6, 6.07) is 10.5. The molecule has 3 rings (SSSR count). The maximum absolute atomic E-state index is 5.58. The third kappa shape index (κ3) is 2.17. The molecule has 1 aromatic carbocycles. The van der Waals surface area contributed by atoms with Crippen molar-refractivity contribution < 1.29 is 4.52 Å². The van der Waals surface area contributed by atoms with E-state index in [2.05, 4.69) is 34.3 Å². The van der Waals surface area contributed by atoms with E-state index in [-0.39, 0.29) is 0 Å². The van der Waals surface area contributed by atoms with Gasteiger partial charge in [0.1, 0.15) is 0 Å². The molecular weight excluding hydrogens is 226 g/mol. The SMILES string of the molecule is NCCc1noc2c1CN(Cc1ccccc1)C2. The predicted octanol–water partition coefficient (Wildman–Crippen LogP) is 1.69. The van der Waals surface area contributed by atoms with Crippen LogP contribution in [0.2, 0.25) is 0 Å². The van der Waals surface area contributed by atoms with E-state index in [0.717, 1.165) is 37.5 Å². The number of nitrogens with zero attached hydrogens (tertiary/aromatic N) is 2. The van der Waals surface area contributed by atoms with Gasteiger partial charge in [-0.2, -0.15) is 0 Å². The fraction of sp³-hybridized carbons (Fsp3) is 0.357. The van der Waals surface area contributed by atoms with Gasteiger partial charge >= 0.3 is 0 Å². The monoisotopic (exact) mass is 243 g/mol. The first-order valence-electron chi connectivity index (χ1n) is 6.29. The molecule has 0 unspecified atom stereocenters.